The number of piperidine rings is 1. The molecule has 2 aromatic rings. The minimum Gasteiger partial charge on any atom is -0.336 e. The second kappa shape index (κ2) is 7.64. The third-order valence-corrected chi connectivity index (χ3v) is 5.23. The molecule has 1 aliphatic heterocycles. The summed E-state index contributed by atoms with van der Waals surface area (Å²) in [5.41, 5.74) is 0.912. The van der Waals surface area contributed by atoms with Gasteiger partial charge in [-0.25, -0.2) is 17.8 Å². The second-order valence-electron chi connectivity index (χ2n) is 6.69. The van der Waals surface area contributed by atoms with E-state index in [1.807, 2.05) is 0 Å². The van der Waals surface area contributed by atoms with Gasteiger partial charge >= 0.3 is 0 Å². The highest BCUT2D eigenvalue weighted by Crippen LogP contribution is 2.20. The molecular formula is C16H20N6O5S. The monoisotopic (exact) mass is 408 g/mol. The number of nitro groups is 1. The van der Waals surface area contributed by atoms with Crippen molar-refractivity contribution in [1.29, 1.82) is 0 Å². The smallest absolute Gasteiger partial charge is 0.276 e. The number of nitro benzene ring substituents is 1. The Morgan fingerprint density at radius 2 is 2.14 bits per heavy atom. The van der Waals surface area contributed by atoms with E-state index in [4.69, 9.17) is 0 Å². The lowest BCUT2D eigenvalue weighted by atomic mass is 10.1. The molecule has 0 spiro atoms. The molecule has 1 fully saturated rings. The van der Waals surface area contributed by atoms with Crippen molar-refractivity contribution in [2.24, 2.45) is 0 Å². The van der Waals surface area contributed by atoms with Crippen molar-refractivity contribution in [2.75, 3.05) is 19.3 Å². The fraction of sp³-hybridized carbons (Fsp3) is 0.438. The summed E-state index contributed by atoms with van der Waals surface area (Å²) in [5.74, 6) is -0.353. The van der Waals surface area contributed by atoms with Crippen molar-refractivity contribution in [3.63, 3.8) is 0 Å². The number of hydrogen-bond acceptors (Lipinski definition) is 7. The Hall–Kier alpha value is -2.86. The molecule has 1 N–H and O–H groups in total. The first-order valence-electron chi connectivity index (χ1n) is 8.59. The summed E-state index contributed by atoms with van der Waals surface area (Å²) < 4.78 is 26.8. The molecule has 0 bridgehead atoms. The van der Waals surface area contributed by atoms with E-state index < -0.39 is 14.9 Å². The van der Waals surface area contributed by atoms with Gasteiger partial charge < -0.3 is 4.90 Å². The maximum atomic E-state index is 12.9. The quantitative estimate of drug-likeness (QED) is 0.565. The van der Waals surface area contributed by atoms with E-state index >= 15 is 0 Å². The molecule has 3 rings (SSSR count). The standard InChI is InChI=1S/C16H20N6O5S/c1-11-15(16(23)20-8-4-5-12(10-20)18-28(2,26)27)17-19-21(11)13-6-3-7-14(9-13)22(24)25/h3,6-7,9,12,18H,4-5,8,10H2,1-2H3. The van der Waals surface area contributed by atoms with Crippen LogP contribution in [0.1, 0.15) is 29.0 Å². The van der Waals surface area contributed by atoms with Gasteiger partial charge in [0.15, 0.2) is 5.69 Å². The average molecular weight is 408 g/mol. The van der Waals surface area contributed by atoms with Gasteiger partial charge in [0.1, 0.15) is 0 Å². The number of sulfonamides is 1. The summed E-state index contributed by atoms with van der Waals surface area (Å²) in [5, 5.41) is 18.9. The van der Waals surface area contributed by atoms with Crippen molar-refractivity contribution in [3.8, 4) is 5.69 Å². The molecule has 1 aliphatic rings. The zero-order valence-corrected chi connectivity index (χ0v) is 16.2. The summed E-state index contributed by atoms with van der Waals surface area (Å²) in [6.45, 7) is 2.39. The number of amides is 1. The zero-order valence-electron chi connectivity index (χ0n) is 15.4. The van der Waals surface area contributed by atoms with E-state index in [1.54, 1.807) is 17.9 Å². The van der Waals surface area contributed by atoms with E-state index in [0.29, 0.717) is 30.8 Å². The van der Waals surface area contributed by atoms with Gasteiger partial charge in [0.05, 0.1) is 22.6 Å². The van der Waals surface area contributed by atoms with Crippen LogP contribution in [0.2, 0.25) is 0 Å². The molecule has 28 heavy (non-hydrogen) atoms. The molecule has 0 radical (unpaired) electrons. The molecule has 12 heteroatoms. The summed E-state index contributed by atoms with van der Waals surface area (Å²) in [7, 11) is -3.36. The van der Waals surface area contributed by atoms with E-state index in [9.17, 15) is 23.3 Å². The summed E-state index contributed by atoms with van der Waals surface area (Å²) >= 11 is 0. The number of nitrogens with one attached hydrogen (secondary N) is 1. The lowest BCUT2D eigenvalue weighted by Crippen LogP contribution is -2.49. The molecular weight excluding hydrogens is 388 g/mol. The Morgan fingerprint density at radius 3 is 2.82 bits per heavy atom. The Kier molecular flexibility index (Phi) is 5.42. The number of likely N-dealkylation sites (tertiary alicyclic amines) is 1. The number of non-ortho nitro benzene ring substituents is 1. The summed E-state index contributed by atoms with van der Waals surface area (Å²) in [4.78, 5) is 24.9. The highest BCUT2D eigenvalue weighted by molar-refractivity contribution is 7.88. The molecule has 1 aromatic heterocycles. The predicted octanol–water partition coefficient (Wildman–Crippen LogP) is 0.638. The summed E-state index contributed by atoms with van der Waals surface area (Å²) in [6.07, 6.45) is 2.40. The number of aromatic nitrogens is 3. The molecule has 11 nitrogen and oxygen atoms in total. The maximum absolute atomic E-state index is 12.9. The third kappa shape index (κ3) is 4.34. The van der Waals surface area contributed by atoms with Gasteiger partial charge in [-0.1, -0.05) is 11.3 Å². The first-order valence-corrected chi connectivity index (χ1v) is 10.5. The highest BCUT2D eigenvalue weighted by Gasteiger charge is 2.29. The van der Waals surface area contributed by atoms with Crippen molar-refractivity contribution in [2.45, 2.75) is 25.8 Å². The van der Waals surface area contributed by atoms with Crippen LogP contribution in [0.3, 0.4) is 0 Å². The van der Waals surface area contributed by atoms with Crippen LogP contribution in [-0.2, 0) is 10.0 Å². The van der Waals surface area contributed by atoms with E-state index in [1.165, 1.54) is 22.9 Å². The van der Waals surface area contributed by atoms with Gasteiger partial charge in [-0.05, 0) is 25.8 Å². The molecule has 1 aromatic carbocycles. The molecule has 1 amide bonds. The van der Waals surface area contributed by atoms with Crippen molar-refractivity contribution in [3.05, 3.63) is 45.8 Å². The van der Waals surface area contributed by atoms with E-state index in [2.05, 4.69) is 15.0 Å². The Labute approximate surface area is 161 Å². The first kappa shape index (κ1) is 19.9. The Bertz CT molecular complexity index is 1020. The predicted molar refractivity (Wildman–Crippen MR) is 99.7 cm³/mol. The maximum Gasteiger partial charge on any atom is 0.276 e. The Morgan fingerprint density at radius 1 is 1.39 bits per heavy atom. The number of carbonyl (C=O) groups is 1. The van der Waals surface area contributed by atoms with Gasteiger partial charge in [-0.15, -0.1) is 5.10 Å². The molecule has 150 valence electrons. The Balaban J connectivity index is 1.82. The van der Waals surface area contributed by atoms with Crippen LogP contribution >= 0.6 is 0 Å². The van der Waals surface area contributed by atoms with Crippen molar-refractivity contribution < 1.29 is 18.1 Å². The highest BCUT2D eigenvalue weighted by atomic mass is 32.2. The number of rotatable bonds is 5. The number of hydrogen-bond donors (Lipinski definition) is 1. The zero-order chi connectivity index (χ0) is 20.5. The lowest BCUT2D eigenvalue weighted by molar-refractivity contribution is -0.384. The van der Waals surface area contributed by atoms with Crippen LogP contribution in [0.4, 0.5) is 5.69 Å². The van der Waals surface area contributed by atoms with Crippen LogP contribution < -0.4 is 4.72 Å². The van der Waals surface area contributed by atoms with E-state index in [0.717, 1.165) is 6.26 Å². The topological polar surface area (TPSA) is 140 Å². The van der Waals surface area contributed by atoms with Gasteiger partial charge in [0.25, 0.3) is 11.6 Å². The lowest BCUT2D eigenvalue weighted by Gasteiger charge is -2.32. The molecule has 1 atom stereocenters. The SMILES string of the molecule is Cc1c(C(=O)N2CCCC(NS(C)(=O)=O)C2)nnn1-c1cccc([N+](=O)[O-])c1. The van der Waals surface area contributed by atoms with Crippen molar-refractivity contribution in [1.82, 2.24) is 24.6 Å². The molecule has 2 heterocycles. The van der Waals surface area contributed by atoms with Crippen LogP contribution in [0.25, 0.3) is 5.69 Å². The van der Waals surface area contributed by atoms with Crippen LogP contribution in [-0.4, -0.2) is 64.5 Å². The average Bonchev–Trinajstić information content (AvgIpc) is 3.01. The minimum absolute atomic E-state index is 0.0917. The van der Waals surface area contributed by atoms with Gasteiger partial charge in [0, 0.05) is 31.3 Å². The van der Waals surface area contributed by atoms with Crippen LogP contribution in [0.15, 0.2) is 24.3 Å². The fourth-order valence-electron chi connectivity index (χ4n) is 3.22. The van der Waals surface area contributed by atoms with Crippen LogP contribution in [0, 0.1) is 17.0 Å². The van der Waals surface area contributed by atoms with Gasteiger partial charge in [-0.2, -0.15) is 0 Å². The first-order chi connectivity index (χ1) is 13.2. The van der Waals surface area contributed by atoms with Crippen LogP contribution in [0.5, 0.6) is 0 Å². The second-order valence-corrected chi connectivity index (χ2v) is 8.47. The molecule has 1 saturated heterocycles. The third-order valence-electron chi connectivity index (χ3n) is 4.47. The molecule has 0 aliphatic carbocycles. The largest absolute Gasteiger partial charge is 0.336 e. The normalized spacial score (nSPS) is 17.5. The van der Waals surface area contributed by atoms with E-state index in [-0.39, 0.29) is 29.9 Å². The fourth-order valence-corrected chi connectivity index (χ4v) is 4.02. The number of carbonyl (C=O) groups excluding carboxylic acids is 1. The molecule has 0 saturated carbocycles. The number of benzene rings is 1. The summed E-state index contributed by atoms with van der Waals surface area (Å²) in [6, 6.07) is 5.53. The number of nitrogens with zero attached hydrogens (tertiary/aromatic N) is 5. The van der Waals surface area contributed by atoms with Gasteiger partial charge in [0.2, 0.25) is 10.0 Å². The van der Waals surface area contributed by atoms with Gasteiger partial charge in [-0.3, -0.25) is 14.9 Å². The van der Waals surface area contributed by atoms with Crippen molar-refractivity contribution >= 4 is 21.6 Å². The molecule has 1 unspecified atom stereocenters. The minimum atomic E-state index is -3.36.